The summed E-state index contributed by atoms with van der Waals surface area (Å²) in [6, 6.07) is 9.51. The van der Waals surface area contributed by atoms with Crippen molar-refractivity contribution in [1.82, 2.24) is 10.2 Å². The minimum atomic E-state index is 0.260. The first-order valence-electron chi connectivity index (χ1n) is 6.47. The zero-order valence-electron chi connectivity index (χ0n) is 11.4. The lowest BCUT2D eigenvalue weighted by atomic mass is 10.0. The Bertz CT molecular complexity index is 793. The molecule has 0 aliphatic rings. The fraction of sp³-hybridized carbons (Fsp3) is 0.188. The lowest BCUT2D eigenvalue weighted by Crippen LogP contribution is -1.94. The molecule has 0 amide bonds. The normalized spacial score (nSPS) is 11.2. The molecule has 0 spiro atoms. The van der Waals surface area contributed by atoms with Gasteiger partial charge >= 0.3 is 0 Å². The Morgan fingerprint density at radius 3 is 2.80 bits per heavy atom. The highest BCUT2D eigenvalue weighted by Crippen LogP contribution is 2.30. The smallest absolute Gasteiger partial charge is 0.119 e. The van der Waals surface area contributed by atoms with Gasteiger partial charge in [0.1, 0.15) is 5.75 Å². The van der Waals surface area contributed by atoms with Crippen LogP contribution in [0, 0.1) is 13.8 Å². The number of rotatable bonds is 2. The van der Waals surface area contributed by atoms with Crippen LogP contribution in [0.25, 0.3) is 10.9 Å². The van der Waals surface area contributed by atoms with Crippen LogP contribution in [-0.2, 0) is 6.42 Å². The van der Waals surface area contributed by atoms with E-state index < -0.39 is 0 Å². The van der Waals surface area contributed by atoms with Crippen LogP contribution < -0.4 is 0 Å². The van der Waals surface area contributed by atoms with E-state index in [0.29, 0.717) is 11.4 Å². The van der Waals surface area contributed by atoms with Crippen LogP contribution in [0.5, 0.6) is 5.75 Å². The number of hydrogen-bond acceptors (Lipinski definition) is 2. The van der Waals surface area contributed by atoms with Gasteiger partial charge in [0.05, 0.1) is 11.2 Å². The summed E-state index contributed by atoms with van der Waals surface area (Å²) in [6.07, 6.45) is 0.557. The number of phenols is 1. The van der Waals surface area contributed by atoms with Crippen molar-refractivity contribution in [2.45, 2.75) is 20.3 Å². The second kappa shape index (κ2) is 4.84. The molecule has 0 aliphatic heterocycles. The van der Waals surface area contributed by atoms with E-state index in [1.165, 1.54) is 5.56 Å². The van der Waals surface area contributed by atoms with E-state index in [1.807, 2.05) is 19.1 Å². The Morgan fingerprint density at radius 2 is 2.00 bits per heavy atom. The number of aromatic amines is 1. The van der Waals surface area contributed by atoms with Gasteiger partial charge in [0.15, 0.2) is 0 Å². The van der Waals surface area contributed by atoms with Gasteiger partial charge in [0.25, 0.3) is 0 Å². The van der Waals surface area contributed by atoms with Gasteiger partial charge in [-0.25, -0.2) is 0 Å². The predicted molar refractivity (Wildman–Crippen MR) is 81.5 cm³/mol. The van der Waals surface area contributed by atoms with Crippen molar-refractivity contribution in [2.24, 2.45) is 0 Å². The molecule has 0 radical (unpaired) electrons. The number of hydrogen-bond donors (Lipinski definition) is 2. The van der Waals surface area contributed by atoms with E-state index in [2.05, 4.69) is 23.2 Å². The summed E-state index contributed by atoms with van der Waals surface area (Å²) in [5.41, 5.74) is 4.84. The average molecular weight is 287 g/mol. The highest BCUT2D eigenvalue weighted by atomic mass is 35.5. The largest absolute Gasteiger partial charge is 0.508 e. The van der Waals surface area contributed by atoms with Gasteiger partial charge in [0, 0.05) is 22.4 Å². The zero-order valence-corrected chi connectivity index (χ0v) is 12.1. The van der Waals surface area contributed by atoms with Crippen molar-refractivity contribution >= 4 is 22.5 Å². The molecule has 102 valence electrons. The second-order valence-electron chi connectivity index (χ2n) is 5.07. The van der Waals surface area contributed by atoms with Crippen LogP contribution in [-0.4, -0.2) is 15.3 Å². The summed E-state index contributed by atoms with van der Waals surface area (Å²) in [7, 11) is 0. The highest BCUT2D eigenvalue weighted by Gasteiger charge is 2.13. The van der Waals surface area contributed by atoms with Crippen molar-refractivity contribution in [2.75, 3.05) is 0 Å². The standard InChI is InChI=1S/C16H15ClN2O/c1-9-3-5-14-12(7-9)15(19-18-14)8-11-10(2)13(17)4-6-16(11)20/h3-7,20H,8H2,1-2H3,(H,18,19). The third-order valence-corrected chi connectivity index (χ3v) is 4.06. The van der Waals surface area contributed by atoms with Crippen molar-refractivity contribution in [3.05, 3.63) is 57.7 Å². The van der Waals surface area contributed by atoms with Crippen LogP contribution in [0.3, 0.4) is 0 Å². The Balaban J connectivity index is 2.10. The minimum absolute atomic E-state index is 0.260. The molecule has 2 aromatic carbocycles. The first-order chi connectivity index (χ1) is 9.56. The molecule has 0 bridgehead atoms. The third kappa shape index (κ3) is 2.14. The number of nitrogens with zero attached hydrogens (tertiary/aromatic N) is 1. The van der Waals surface area contributed by atoms with Crippen molar-refractivity contribution < 1.29 is 5.11 Å². The van der Waals surface area contributed by atoms with Crippen molar-refractivity contribution in [1.29, 1.82) is 0 Å². The van der Waals surface area contributed by atoms with Crippen LogP contribution in [0.15, 0.2) is 30.3 Å². The van der Waals surface area contributed by atoms with E-state index >= 15 is 0 Å². The third-order valence-electron chi connectivity index (χ3n) is 3.65. The molecule has 0 unspecified atom stereocenters. The van der Waals surface area contributed by atoms with Gasteiger partial charge < -0.3 is 5.11 Å². The molecule has 0 fully saturated rings. The van der Waals surface area contributed by atoms with E-state index in [1.54, 1.807) is 12.1 Å². The molecule has 4 heteroatoms. The molecule has 3 rings (SSSR count). The molecule has 0 saturated heterocycles. The lowest BCUT2D eigenvalue weighted by molar-refractivity contribution is 0.468. The Morgan fingerprint density at radius 1 is 1.20 bits per heavy atom. The summed E-state index contributed by atoms with van der Waals surface area (Å²) in [6.45, 7) is 3.97. The van der Waals surface area contributed by atoms with E-state index in [-0.39, 0.29) is 5.75 Å². The summed E-state index contributed by atoms with van der Waals surface area (Å²) < 4.78 is 0. The Labute approximate surface area is 122 Å². The number of halogens is 1. The summed E-state index contributed by atoms with van der Waals surface area (Å²) in [5, 5.41) is 19.2. The number of nitrogens with one attached hydrogen (secondary N) is 1. The summed E-state index contributed by atoms with van der Waals surface area (Å²) >= 11 is 6.13. The van der Waals surface area contributed by atoms with Gasteiger partial charge in [-0.3, -0.25) is 5.10 Å². The maximum atomic E-state index is 10.0. The zero-order chi connectivity index (χ0) is 14.3. The topological polar surface area (TPSA) is 48.9 Å². The lowest BCUT2D eigenvalue weighted by Gasteiger charge is -2.09. The maximum absolute atomic E-state index is 10.0. The molecular formula is C16H15ClN2O. The van der Waals surface area contributed by atoms with Gasteiger partial charge in [-0.2, -0.15) is 5.10 Å². The highest BCUT2D eigenvalue weighted by molar-refractivity contribution is 6.31. The fourth-order valence-corrected chi connectivity index (χ4v) is 2.60. The number of H-pyrrole nitrogens is 1. The first kappa shape index (κ1) is 13.0. The minimum Gasteiger partial charge on any atom is -0.508 e. The number of phenolic OH excluding ortho intramolecular Hbond substituents is 1. The molecule has 20 heavy (non-hydrogen) atoms. The van der Waals surface area contributed by atoms with Crippen LogP contribution in [0.4, 0.5) is 0 Å². The summed E-state index contributed by atoms with van der Waals surface area (Å²) in [4.78, 5) is 0. The predicted octanol–water partition coefficient (Wildman–Crippen LogP) is 4.13. The molecule has 3 aromatic rings. The summed E-state index contributed by atoms with van der Waals surface area (Å²) in [5.74, 6) is 0.260. The van der Waals surface area contributed by atoms with Crippen molar-refractivity contribution in [3.8, 4) is 5.75 Å². The fourth-order valence-electron chi connectivity index (χ4n) is 2.42. The maximum Gasteiger partial charge on any atom is 0.119 e. The quantitative estimate of drug-likeness (QED) is 0.744. The van der Waals surface area contributed by atoms with E-state index in [4.69, 9.17) is 11.6 Å². The molecule has 1 aromatic heterocycles. The van der Waals surface area contributed by atoms with E-state index in [0.717, 1.165) is 27.7 Å². The van der Waals surface area contributed by atoms with Crippen molar-refractivity contribution in [3.63, 3.8) is 0 Å². The molecular weight excluding hydrogens is 272 g/mol. The van der Waals surface area contributed by atoms with Gasteiger partial charge in [-0.1, -0.05) is 23.2 Å². The van der Waals surface area contributed by atoms with Gasteiger partial charge in [0.2, 0.25) is 0 Å². The van der Waals surface area contributed by atoms with Crippen LogP contribution >= 0.6 is 11.6 Å². The number of aryl methyl sites for hydroxylation is 1. The second-order valence-corrected chi connectivity index (χ2v) is 5.47. The van der Waals surface area contributed by atoms with Gasteiger partial charge in [-0.15, -0.1) is 0 Å². The molecule has 0 atom stereocenters. The average Bonchev–Trinajstić information content (AvgIpc) is 2.81. The Kier molecular flexibility index (Phi) is 3.14. The SMILES string of the molecule is Cc1ccc2[nH]nc(Cc3c(O)ccc(Cl)c3C)c2c1. The Hall–Kier alpha value is -2.00. The number of aromatic hydroxyl groups is 1. The molecule has 3 nitrogen and oxygen atoms in total. The van der Waals surface area contributed by atoms with E-state index in [9.17, 15) is 5.11 Å². The van der Waals surface area contributed by atoms with Gasteiger partial charge in [-0.05, 0) is 43.7 Å². The monoisotopic (exact) mass is 286 g/mol. The number of aromatic nitrogens is 2. The van der Waals surface area contributed by atoms with Crippen LogP contribution in [0.2, 0.25) is 5.02 Å². The molecule has 0 saturated carbocycles. The number of benzene rings is 2. The van der Waals surface area contributed by atoms with Crippen LogP contribution in [0.1, 0.15) is 22.4 Å². The number of fused-ring (bicyclic) bond motifs is 1. The first-order valence-corrected chi connectivity index (χ1v) is 6.84. The molecule has 1 heterocycles. The molecule has 2 N–H and O–H groups in total. The molecule has 0 aliphatic carbocycles.